The van der Waals surface area contributed by atoms with Gasteiger partial charge in [-0.05, 0) is 63.4 Å². The predicted molar refractivity (Wildman–Crippen MR) is 118 cm³/mol. The van der Waals surface area contributed by atoms with Crippen LogP contribution in [0.4, 0.5) is 4.79 Å². The van der Waals surface area contributed by atoms with Crippen LogP contribution >= 0.6 is 0 Å². The normalized spacial score (nSPS) is 15.6. The summed E-state index contributed by atoms with van der Waals surface area (Å²) in [6.45, 7) is 7.07. The van der Waals surface area contributed by atoms with Gasteiger partial charge in [0.1, 0.15) is 11.2 Å². The summed E-state index contributed by atoms with van der Waals surface area (Å²) in [5.74, 6) is 0.353. The Labute approximate surface area is 180 Å². The van der Waals surface area contributed by atoms with Crippen LogP contribution in [-0.2, 0) is 4.74 Å². The first kappa shape index (κ1) is 19.5. The molecule has 0 aromatic carbocycles. The fourth-order valence-corrected chi connectivity index (χ4v) is 4.24. The Morgan fingerprint density at radius 3 is 2.71 bits per heavy atom. The summed E-state index contributed by atoms with van der Waals surface area (Å²) in [6, 6.07) is 8.15. The van der Waals surface area contributed by atoms with Crippen molar-refractivity contribution in [2.45, 2.75) is 45.1 Å². The Hall–Kier alpha value is -3.42. The molecule has 0 spiro atoms. The molecule has 1 aliphatic heterocycles. The third-order valence-corrected chi connectivity index (χ3v) is 5.73. The maximum absolute atomic E-state index is 12.4. The van der Waals surface area contributed by atoms with Crippen LogP contribution in [0, 0.1) is 0 Å². The average Bonchev–Trinajstić information content (AvgIpc) is 3.37. The van der Waals surface area contributed by atoms with E-state index >= 15 is 0 Å². The van der Waals surface area contributed by atoms with Gasteiger partial charge in [0.15, 0.2) is 0 Å². The standard InChI is InChI=1S/C23H26N6O2/c1-23(2,3)31-22(30)28-11-7-15(8-12-28)19-13-17-16(6-10-24-21(17)27-19)18-14-26-29-20(18)5-4-9-25-29/h4-6,9-10,13-15H,7-8,11-12H2,1-3H3,(H,24,27). The van der Waals surface area contributed by atoms with Gasteiger partial charge in [-0.1, -0.05) is 0 Å². The number of nitrogens with one attached hydrogen (secondary N) is 1. The first-order valence-electron chi connectivity index (χ1n) is 10.6. The van der Waals surface area contributed by atoms with Crippen LogP contribution in [0.15, 0.2) is 42.9 Å². The lowest BCUT2D eigenvalue weighted by molar-refractivity contribution is 0.0204. The molecular weight excluding hydrogens is 392 g/mol. The number of carbonyl (C=O) groups is 1. The molecule has 160 valence electrons. The minimum absolute atomic E-state index is 0.228. The Morgan fingerprint density at radius 2 is 1.94 bits per heavy atom. The van der Waals surface area contributed by atoms with Crippen LogP contribution in [0.5, 0.6) is 0 Å². The number of ether oxygens (including phenoxy) is 1. The first-order valence-corrected chi connectivity index (χ1v) is 10.6. The Kier molecular flexibility index (Phi) is 4.64. The number of amides is 1. The molecule has 4 aromatic rings. The van der Waals surface area contributed by atoms with E-state index in [0.717, 1.165) is 46.2 Å². The number of piperidine rings is 1. The van der Waals surface area contributed by atoms with Gasteiger partial charge in [-0.15, -0.1) is 0 Å². The van der Waals surface area contributed by atoms with Gasteiger partial charge in [-0.3, -0.25) is 0 Å². The molecule has 1 aliphatic rings. The van der Waals surface area contributed by atoms with Gasteiger partial charge in [0.25, 0.3) is 0 Å². The zero-order valence-corrected chi connectivity index (χ0v) is 18.0. The highest BCUT2D eigenvalue weighted by atomic mass is 16.6. The molecule has 0 radical (unpaired) electrons. The Morgan fingerprint density at radius 1 is 1.13 bits per heavy atom. The van der Waals surface area contributed by atoms with Crippen LogP contribution < -0.4 is 0 Å². The average molecular weight is 419 g/mol. The molecule has 1 N–H and O–H groups in total. The molecule has 8 heteroatoms. The number of aromatic nitrogens is 5. The Bertz CT molecular complexity index is 1240. The van der Waals surface area contributed by atoms with Crippen molar-refractivity contribution in [1.82, 2.24) is 29.7 Å². The van der Waals surface area contributed by atoms with Crippen LogP contribution in [0.2, 0.25) is 0 Å². The number of fused-ring (bicyclic) bond motifs is 2. The van der Waals surface area contributed by atoms with Gasteiger partial charge in [0, 0.05) is 48.0 Å². The van der Waals surface area contributed by atoms with E-state index in [1.165, 1.54) is 0 Å². The van der Waals surface area contributed by atoms with Gasteiger partial charge in [-0.2, -0.15) is 14.8 Å². The molecule has 8 nitrogen and oxygen atoms in total. The molecule has 1 fully saturated rings. The van der Waals surface area contributed by atoms with Gasteiger partial charge < -0.3 is 14.6 Å². The number of H-pyrrole nitrogens is 1. The highest BCUT2D eigenvalue weighted by Crippen LogP contribution is 2.35. The zero-order chi connectivity index (χ0) is 21.6. The largest absolute Gasteiger partial charge is 0.444 e. The third kappa shape index (κ3) is 3.73. The number of carbonyl (C=O) groups excluding carboxylic acids is 1. The molecule has 1 amide bonds. The summed E-state index contributed by atoms with van der Waals surface area (Å²) < 4.78 is 7.15. The van der Waals surface area contributed by atoms with Crippen molar-refractivity contribution in [1.29, 1.82) is 0 Å². The topological polar surface area (TPSA) is 88.4 Å². The van der Waals surface area contributed by atoms with Gasteiger partial charge in [0.05, 0.1) is 11.7 Å². The van der Waals surface area contributed by atoms with E-state index in [0.29, 0.717) is 19.0 Å². The molecule has 4 aromatic heterocycles. The van der Waals surface area contributed by atoms with Gasteiger partial charge in [-0.25, -0.2) is 9.78 Å². The van der Waals surface area contributed by atoms with E-state index in [1.807, 2.05) is 51.4 Å². The first-order chi connectivity index (χ1) is 14.9. The lowest BCUT2D eigenvalue weighted by Crippen LogP contribution is -2.41. The molecule has 0 saturated carbocycles. The lowest BCUT2D eigenvalue weighted by atomic mass is 9.93. The minimum atomic E-state index is -0.471. The van der Waals surface area contributed by atoms with Crippen LogP contribution in [0.25, 0.3) is 27.7 Å². The van der Waals surface area contributed by atoms with Crippen molar-refractivity contribution in [3.8, 4) is 11.1 Å². The van der Waals surface area contributed by atoms with E-state index in [4.69, 9.17) is 4.74 Å². The minimum Gasteiger partial charge on any atom is -0.444 e. The number of rotatable bonds is 2. The lowest BCUT2D eigenvalue weighted by Gasteiger charge is -2.33. The molecule has 31 heavy (non-hydrogen) atoms. The second-order valence-corrected chi connectivity index (χ2v) is 9.04. The maximum atomic E-state index is 12.4. The van der Waals surface area contributed by atoms with Crippen molar-refractivity contribution < 1.29 is 9.53 Å². The number of hydrogen-bond acceptors (Lipinski definition) is 5. The molecule has 5 heterocycles. The number of aromatic amines is 1. The second kappa shape index (κ2) is 7.37. The number of hydrogen-bond donors (Lipinski definition) is 1. The van der Waals surface area contributed by atoms with Crippen molar-refractivity contribution in [3.05, 3.63) is 48.5 Å². The summed E-state index contributed by atoms with van der Waals surface area (Å²) in [5, 5.41) is 9.72. The van der Waals surface area contributed by atoms with E-state index in [9.17, 15) is 4.79 Å². The quantitative estimate of drug-likeness (QED) is 0.522. The SMILES string of the molecule is CC(C)(C)OC(=O)N1CCC(c2cc3c(-c4cnn5ncccc45)ccnc3[nH]2)CC1. The number of nitrogens with zero attached hydrogens (tertiary/aromatic N) is 5. The molecule has 1 saturated heterocycles. The Balaban J connectivity index is 1.39. The van der Waals surface area contributed by atoms with Gasteiger partial charge >= 0.3 is 6.09 Å². The summed E-state index contributed by atoms with van der Waals surface area (Å²) >= 11 is 0. The summed E-state index contributed by atoms with van der Waals surface area (Å²) in [6.07, 6.45) is 6.95. The molecule has 5 rings (SSSR count). The second-order valence-electron chi connectivity index (χ2n) is 9.04. The maximum Gasteiger partial charge on any atom is 0.410 e. The smallest absolute Gasteiger partial charge is 0.410 e. The van der Waals surface area contributed by atoms with E-state index < -0.39 is 5.60 Å². The number of likely N-dealkylation sites (tertiary alicyclic amines) is 1. The van der Waals surface area contributed by atoms with Crippen LogP contribution in [-0.4, -0.2) is 54.5 Å². The summed E-state index contributed by atoms with van der Waals surface area (Å²) in [4.78, 5) is 22.2. The fraction of sp³-hybridized carbons (Fsp3) is 0.391. The molecule has 0 bridgehead atoms. The van der Waals surface area contributed by atoms with Crippen molar-refractivity contribution >= 4 is 22.6 Å². The predicted octanol–water partition coefficient (Wildman–Crippen LogP) is 4.39. The third-order valence-electron chi connectivity index (χ3n) is 5.73. The highest BCUT2D eigenvalue weighted by molar-refractivity contribution is 5.97. The highest BCUT2D eigenvalue weighted by Gasteiger charge is 2.28. The van der Waals surface area contributed by atoms with Crippen molar-refractivity contribution in [2.75, 3.05) is 13.1 Å². The molecule has 0 unspecified atom stereocenters. The van der Waals surface area contributed by atoms with E-state index in [-0.39, 0.29) is 6.09 Å². The van der Waals surface area contributed by atoms with E-state index in [1.54, 1.807) is 15.7 Å². The van der Waals surface area contributed by atoms with Gasteiger partial charge in [0.2, 0.25) is 0 Å². The van der Waals surface area contributed by atoms with E-state index in [2.05, 4.69) is 26.2 Å². The summed E-state index contributed by atoms with van der Waals surface area (Å²) in [7, 11) is 0. The van der Waals surface area contributed by atoms with Crippen LogP contribution in [0.3, 0.4) is 0 Å². The zero-order valence-electron chi connectivity index (χ0n) is 18.0. The molecule has 0 atom stereocenters. The van der Waals surface area contributed by atoms with Crippen molar-refractivity contribution in [2.24, 2.45) is 0 Å². The molecule has 0 aliphatic carbocycles. The summed E-state index contributed by atoms with van der Waals surface area (Å²) in [5.41, 5.74) is 4.63. The monoisotopic (exact) mass is 418 g/mol. The molecular formula is C23H26N6O2. The van der Waals surface area contributed by atoms with Crippen LogP contribution in [0.1, 0.15) is 45.2 Å². The van der Waals surface area contributed by atoms with Crippen molar-refractivity contribution in [3.63, 3.8) is 0 Å². The fourth-order valence-electron chi connectivity index (χ4n) is 4.24. The number of pyridine rings is 1.